The third-order valence-electron chi connectivity index (χ3n) is 6.82. The molecule has 2 aliphatic carbocycles. The lowest BCUT2D eigenvalue weighted by Gasteiger charge is -2.44. The largest absolute Gasteiger partial charge is 0.0808 e. The van der Waals surface area contributed by atoms with Gasteiger partial charge in [0.2, 0.25) is 0 Å². The van der Waals surface area contributed by atoms with Crippen LogP contribution in [0.2, 0.25) is 0 Å². The molecular formula is C28H26. The maximum Gasteiger partial charge on any atom is 0.0485 e. The van der Waals surface area contributed by atoms with E-state index in [-0.39, 0.29) is 5.41 Å². The van der Waals surface area contributed by atoms with Crippen molar-refractivity contribution in [3.63, 3.8) is 0 Å². The molecule has 0 saturated heterocycles. The van der Waals surface area contributed by atoms with Crippen molar-refractivity contribution in [2.45, 2.75) is 18.3 Å². The van der Waals surface area contributed by atoms with Crippen molar-refractivity contribution in [3.05, 3.63) is 132 Å². The molecule has 5 rings (SSSR count). The van der Waals surface area contributed by atoms with Crippen LogP contribution in [-0.2, 0) is 5.41 Å². The second-order valence-electron chi connectivity index (χ2n) is 8.10. The van der Waals surface area contributed by atoms with Crippen molar-refractivity contribution in [2.24, 2.45) is 17.8 Å². The van der Waals surface area contributed by atoms with Crippen LogP contribution in [-0.4, -0.2) is 0 Å². The lowest BCUT2D eigenvalue weighted by Crippen LogP contribution is -2.40. The van der Waals surface area contributed by atoms with Crippen LogP contribution in [0.4, 0.5) is 0 Å². The van der Waals surface area contributed by atoms with Gasteiger partial charge in [0.05, 0.1) is 0 Å². The number of hydrogen-bond donors (Lipinski definition) is 0. The van der Waals surface area contributed by atoms with Gasteiger partial charge in [-0.25, -0.2) is 0 Å². The fourth-order valence-corrected chi connectivity index (χ4v) is 5.71. The molecule has 3 aromatic carbocycles. The van der Waals surface area contributed by atoms with Gasteiger partial charge in [-0.1, -0.05) is 115 Å². The Morgan fingerprint density at radius 2 is 1.00 bits per heavy atom. The molecular weight excluding hydrogens is 336 g/mol. The average Bonchev–Trinajstić information content (AvgIpc) is 3.21. The third-order valence-corrected chi connectivity index (χ3v) is 6.82. The number of hydrogen-bond acceptors (Lipinski definition) is 0. The number of benzene rings is 3. The summed E-state index contributed by atoms with van der Waals surface area (Å²) in [6.45, 7) is 0. The van der Waals surface area contributed by atoms with Gasteiger partial charge >= 0.3 is 0 Å². The summed E-state index contributed by atoms with van der Waals surface area (Å²) in [6, 6.07) is 33.5. The van der Waals surface area contributed by atoms with Crippen LogP contribution in [0.25, 0.3) is 0 Å². The fraction of sp³-hybridized carbons (Fsp3) is 0.214. The molecule has 0 bridgehead atoms. The van der Waals surface area contributed by atoms with Gasteiger partial charge in [-0.2, -0.15) is 0 Å². The number of fused-ring (bicyclic) bond motifs is 1. The minimum atomic E-state index is -0.140. The first-order valence-corrected chi connectivity index (χ1v) is 10.4. The summed E-state index contributed by atoms with van der Waals surface area (Å²) in [5.41, 5.74) is 4.07. The fourth-order valence-electron chi connectivity index (χ4n) is 5.71. The van der Waals surface area contributed by atoms with Gasteiger partial charge in [0, 0.05) is 5.41 Å². The molecule has 28 heavy (non-hydrogen) atoms. The molecule has 0 heteroatoms. The van der Waals surface area contributed by atoms with Gasteiger partial charge in [-0.3, -0.25) is 0 Å². The van der Waals surface area contributed by atoms with E-state index >= 15 is 0 Å². The quantitative estimate of drug-likeness (QED) is 0.448. The van der Waals surface area contributed by atoms with Crippen LogP contribution in [0.5, 0.6) is 0 Å². The monoisotopic (exact) mass is 362 g/mol. The second-order valence-corrected chi connectivity index (χ2v) is 8.10. The highest BCUT2D eigenvalue weighted by Crippen LogP contribution is 2.56. The molecule has 0 spiro atoms. The summed E-state index contributed by atoms with van der Waals surface area (Å²) in [5, 5.41) is 0. The zero-order valence-corrected chi connectivity index (χ0v) is 16.1. The number of allylic oxidation sites excluding steroid dienone is 4. The molecule has 2 aliphatic rings. The Bertz CT molecular complexity index is 870. The van der Waals surface area contributed by atoms with E-state index in [1.54, 1.807) is 0 Å². The van der Waals surface area contributed by atoms with Gasteiger partial charge in [0.1, 0.15) is 0 Å². The standard InChI is InChI=1S/C28H26/c1-4-13-23(14-5-1)28(24-15-6-2-7-16-24,25-17-8-3-9-18-25)27-21-20-22-12-10-11-19-26(22)27/h1-19,22,26-27H,20-21H2. The SMILES string of the molecule is C1=CC2CCC(C(c3ccccc3)(c3ccccc3)c3ccccc3)C2C=C1. The Morgan fingerprint density at radius 1 is 0.536 bits per heavy atom. The van der Waals surface area contributed by atoms with Crippen molar-refractivity contribution in [3.8, 4) is 0 Å². The second kappa shape index (κ2) is 7.28. The zero-order valence-electron chi connectivity index (χ0n) is 16.1. The normalized spacial score (nSPS) is 23.5. The summed E-state index contributed by atoms with van der Waals surface area (Å²) in [5.74, 6) is 1.77. The van der Waals surface area contributed by atoms with E-state index in [0.29, 0.717) is 17.8 Å². The maximum atomic E-state index is 2.46. The van der Waals surface area contributed by atoms with Gasteiger partial charge in [-0.15, -0.1) is 0 Å². The smallest absolute Gasteiger partial charge is 0.0485 e. The van der Waals surface area contributed by atoms with E-state index < -0.39 is 0 Å². The average molecular weight is 363 g/mol. The van der Waals surface area contributed by atoms with Crippen molar-refractivity contribution in [1.82, 2.24) is 0 Å². The molecule has 0 N–H and O–H groups in total. The number of rotatable bonds is 4. The molecule has 0 heterocycles. The topological polar surface area (TPSA) is 0 Å². The van der Waals surface area contributed by atoms with Crippen molar-refractivity contribution in [2.75, 3.05) is 0 Å². The molecule has 0 radical (unpaired) electrons. The summed E-state index contributed by atoms with van der Waals surface area (Å²) in [6.07, 6.45) is 11.9. The third kappa shape index (κ3) is 2.67. The highest BCUT2D eigenvalue weighted by molar-refractivity contribution is 5.52. The van der Waals surface area contributed by atoms with E-state index in [1.165, 1.54) is 29.5 Å². The Hall–Kier alpha value is -2.86. The van der Waals surface area contributed by atoms with Crippen LogP contribution in [0.1, 0.15) is 29.5 Å². The predicted molar refractivity (Wildman–Crippen MR) is 117 cm³/mol. The molecule has 3 unspecified atom stereocenters. The first-order chi connectivity index (χ1) is 13.9. The molecule has 3 atom stereocenters. The van der Waals surface area contributed by atoms with E-state index in [9.17, 15) is 0 Å². The predicted octanol–water partition coefficient (Wildman–Crippen LogP) is 6.79. The van der Waals surface area contributed by atoms with E-state index in [4.69, 9.17) is 0 Å². The van der Waals surface area contributed by atoms with Crippen LogP contribution < -0.4 is 0 Å². The molecule has 0 nitrogen and oxygen atoms in total. The molecule has 138 valence electrons. The van der Waals surface area contributed by atoms with E-state index in [1.807, 2.05) is 0 Å². The lowest BCUT2D eigenvalue weighted by molar-refractivity contribution is 0.309. The van der Waals surface area contributed by atoms with Crippen LogP contribution in [0.15, 0.2) is 115 Å². The molecule has 0 aliphatic heterocycles. The first kappa shape index (κ1) is 17.3. The van der Waals surface area contributed by atoms with Crippen LogP contribution >= 0.6 is 0 Å². The molecule has 1 fully saturated rings. The summed E-state index contributed by atoms with van der Waals surface area (Å²) >= 11 is 0. The van der Waals surface area contributed by atoms with Gasteiger partial charge in [0.15, 0.2) is 0 Å². The Balaban J connectivity index is 1.81. The van der Waals surface area contributed by atoms with E-state index in [0.717, 1.165) is 0 Å². The van der Waals surface area contributed by atoms with Gasteiger partial charge in [-0.05, 0) is 47.3 Å². The Labute approximate surface area is 168 Å². The lowest BCUT2D eigenvalue weighted by atomic mass is 9.58. The highest BCUT2D eigenvalue weighted by atomic mass is 14.5. The molecule has 1 saturated carbocycles. The highest BCUT2D eigenvalue weighted by Gasteiger charge is 2.50. The van der Waals surface area contributed by atoms with Crippen molar-refractivity contribution >= 4 is 0 Å². The molecule has 3 aromatic rings. The van der Waals surface area contributed by atoms with Gasteiger partial charge < -0.3 is 0 Å². The Morgan fingerprint density at radius 3 is 1.50 bits per heavy atom. The first-order valence-electron chi connectivity index (χ1n) is 10.4. The zero-order chi connectivity index (χ0) is 18.8. The molecule has 0 aromatic heterocycles. The Kier molecular flexibility index (Phi) is 4.49. The summed E-state index contributed by atoms with van der Waals surface area (Å²) < 4.78 is 0. The minimum absolute atomic E-state index is 0.140. The maximum absolute atomic E-state index is 2.46. The van der Waals surface area contributed by atoms with Crippen LogP contribution in [0.3, 0.4) is 0 Å². The van der Waals surface area contributed by atoms with Gasteiger partial charge in [0.25, 0.3) is 0 Å². The van der Waals surface area contributed by atoms with Crippen molar-refractivity contribution in [1.29, 1.82) is 0 Å². The minimum Gasteiger partial charge on any atom is -0.0808 e. The van der Waals surface area contributed by atoms with E-state index in [2.05, 4.69) is 115 Å². The summed E-state index contributed by atoms with van der Waals surface area (Å²) in [4.78, 5) is 0. The molecule has 0 amide bonds. The summed E-state index contributed by atoms with van der Waals surface area (Å²) in [7, 11) is 0. The van der Waals surface area contributed by atoms with Crippen LogP contribution in [0, 0.1) is 17.8 Å². The van der Waals surface area contributed by atoms with Crippen molar-refractivity contribution < 1.29 is 0 Å².